The molecule has 4 aromatic rings. The molecule has 2 N–H and O–H groups in total. The zero-order chi connectivity index (χ0) is 20.5. The zero-order valence-electron chi connectivity index (χ0n) is 14.4. The van der Waals surface area contributed by atoms with E-state index < -0.39 is 17.2 Å². The van der Waals surface area contributed by atoms with Crippen molar-refractivity contribution in [3.05, 3.63) is 85.5 Å². The number of H-pyrrole nitrogens is 1. The van der Waals surface area contributed by atoms with Crippen molar-refractivity contribution in [3.8, 4) is 5.69 Å². The first-order chi connectivity index (χ1) is 14.0. The number of aromatic amines is 1. The molecule has 144 valence electrons. The summed E-state index contributed by atoms with van der Waals surface area (Å²) in [6.45, 7) is 0. The molecule has 0 aliphatic heterocycles. The summed E-state index contributed by atoms with van der Waals surface area (Å²) in [5.41, 5.74) is -1.20. The molecule has 4 rings (SSSR count). The van der Waals surface area contributed by atoms with Crippen LogP contribution in [0.3, 0.4) is 0 Å². The lowest BCUT2D eigenvalue weighted by Gasteiger charge is -2.12. The van der Waals surface area contributed by atoms with E-state index in [-0.39, 0.29) is 38.4 Å². The molecule has 1 amide bonds. The van der Waals surface area contributed by atoms with Gasteiger partial charge in [-0.3, -0.25) is 19.6 Å². The van der Waals surface area contributed by atoms with E-state index in [0.29, 0.717) is 0 Å². The molecule has 1 aromatic carbocycles. The second-order valence-corrected chi connectivity index (χ2v) is 6.53. The van der Waals surface area contributed by atoms with Crippen LogP contribution in [0, 0.1) is 0 Å². The summed E-state index contributed by atoms with van der Waals surface area (Å²) in [6, 6.07) is 9.42. The maximum absolute atomic E-state index is 12.8. The lowest BCUT2D eigenvalue weighted by molar-refractivity contribution is 0.102. The predicted octanol–water partition coefficient (Wildman–Crippen LogP) is 2.42. The Bertz CT molecular complexity index is 1370. The maximum Gasteiger partial charge on any atom is 0.334 e. The number of fused-ring (bicyclic) bond motifs is 1. The smallest absolute Gasteiger partial charge is 0.319 e. The van der Waals surface area contributed by atoms with Crippen LogP contribution < -0.4 is 16.6 Å². The van der Waals surface area contributed by atoms with E-state index in [0.717, 1.165) is 4.57 Å². The van der Waals surface area contributed by atoms with Crippen molar-refractivity contribution >= 4 is 46.0 Å². The van der Waals surface area contributed by atoms with Gasteiger partial charge in [-0.15, -0.1) is 0 Å². The van der Waals surface area contributed by atoms with Crippen LogP contribution in [0.4, 0.5) is 5.69 Å². The Labute approximate surface area is 172 Å². The molecule has 29 heavy (non-hydrogen) atoms. The predicted molar refractivity (Wildman–Crippen MR) is 108 cm³/mol. The Hall–Kier alpha value is -3.56. The number of amides is 1. The first kappa shape index (κ1) is 18.8. The number of hydrogen-bond donors (Lipinski definition) is 2. The second kappa shape index (κ2) is 7.46. The molecule has 0 fully saturated rings. The van der Waals surface area contributed by atoms with Gasteiger partial charge in [0, 0.05) is 6.20 Å². The van der Waals surface area contributed by atoms with Crippen LogP contribution in [0.5, 0.6) is 0 Å². The van der Waals surface area contributed by atoms with Gasteiger partial charge >= 0.3 is 5.69 Å². The SMILES string of the molecule is O=C(Nc1cccc(-n2c(=O)[nH]c3nc(Cl)cnc3c2=O)c1Cl)c1ccccn1. The quantitative estimate of drug-likeness (QED) is 0.516. The molecule has 0 atom stereocenters. The fourth-order valence-electron chi connectivity index (χ4n) is 2.66. The summed E-state index contributed by atoms with van der Waals surface area (Å²) in [5, 5.41) is 2.64. The Balaban J connectivity index is 1.82. The number of pyridine rings is 1. The Morgan fingerprint density at radius 3 is 2.66 bits per heavy atom. The average Bonchev–Trinajstić information content (AvgIpc) is 2.71. The van der Waals surface area contributed by atoms with E-state index in [1.807, 2.05) is 0 Å². The van der Waals surface area contributed by atoms with Crippen molar-refractivity contribution in [2.24, 2.45) is 0 Å². The van der Waals surface area contributed by atoms with E-state index in [1.54, 1.807) is 18.2 Å². The molecular formula is C18H10Cl2N6O3. The highest BCUT2D eigenvalue weighted by molar-refractivity contribution is 6.35. The van der Waals surface area contributed by atoms with Gasteiger partial charge in [-0.05, 0) is 24.3 Å². The maximum atomic E-state index is 12.8. The summed E-state index contributed by atoms with van der Waals surface area (Å²) in [4.78, 5) is 51.9. The number of nitrogens with one attached hydrogen (secondary N) is 2. The second-order valence-electron chi connectivity index (χ2n) is 5.77. The van der Waals surface area contributed by atoms with Gasteiger partial charge in [0.15, 0.2) is 11.2 Å². The van der Waals surface area contributed by atoms with Crippen LogP contribution in [0.25, 0.3) is 16.9 Å². The van der Waals surface area contributed by atoms with E-state index in [4.69, 9.17) is 23.2 Å². The molecule has 0 aliphatic carbocycles. The lowest BCUT2D eigenvalue weighted by atomic mass is 10.2. The van der Waals surface area contributed by atoms with Crippen LogP contribution in [-0.4, -0.2) is 30.4 Å². The van der Waals surface area contributed by atoms with Crippen molar-refractivity contribution in [3.63, 3.8) is 0 Å². The molecule has 0 unspecified atom stereocenters. The Morgan fingerprint density at radius 1 is 1.07 bits per heavy atom. The topological polar surface area (TPSA) is 123 Å². The Kier molecular flexibility index (Phi) is 4.83. The van der Waals surface area contributed by atoms with Crippen molar-refractivity contribution in [2.75, 3.05) is 5.32 Å². The van der Waals surface area contributed by atoms with Crippen LogP contribution in [0.1, 0.15) is 10.5 Å². The van der Waals surface area contributed by atoms with Gasteiger partial charge in [-0.2, -0.15) is 0 Å². The number of carbonyl (C=O) groups excluding carboxylic acids is 1. The normalized spacial score (nSPS) is 10.8. The third kappa shape index (κ3) is 3.48. The summed E-state index contributed by atoms with van der Waals surface area (Å²) in [6.07, 6.45) is 2.67. The number of aromatic nitrogens is 5. The number of nitrogens with zero attached hydrogens (tertiary/aromatic N) is 4. The molecule has 0 saturated carbocycles. The number of benzene rings is 1. The molecule has 9 nitrogen and oxygen atoms in total. The fraction of sp³-hybridized carbons (Fsp3) is 0. The number of hydrogen-bond acceptors (Lipinski definition) is 6. The Morgan fingerprint density at radius 2 is 1.90 bits per heavy atom. The van der Waals surface area contributed by atoms with Crippen molar-refractivity contribution in [2.45, 2.75) is 0 Å². The van der Waals surface area contributed by atoms with Crippen molar-refractivity contribution in [1.82, 2.24) is 24.5 Å². The molecule has 3 heterocycles. The first-order valence-electron chi connectivity index (χ1n) is 8.14. The highest BCUT2D eigenvalue weighted by atomic mass is 35.5. The monoisotopic (exact) mass is 428 g/mol. The van der Waals surface area contributed by atoms with Crippen LogP contribution >= 0.6 is 23.2 Å². The molecule has 0 radical (unpaired) electrons. The fourth-order valence-corrected chi connectivity index (χ4v) is 3.05. The zero-order valence-corrected chi connectivity index (χ0v) is 15.9. The van der Waals surface area contributed by atoms with Gasteiger partial charge in [0.2, 0.25) is 0 Å². The summed E-state index contributed by atoms with van der Waals surface area (Å²) < 4.78 is 0.809. The van der Waals surface area contributed by atoms with Gasteiger partial charge in [-0.25, -0.2) is 19.3 Å². The summed E-state index contributed by atoms with van der Waals surface area (Å²) in [7, 11) is 0. The first-order valence-corrected chi connectivity index (χ1v) is 8.90. The van der Waals surface area contributed by atoms with E-state index in [1.165, 1.54) is 30.6 Å². The van der Waals surface area contributed by atoms with Crippen LogP contribution in [-0.2, 0) is 0 Å². The standard InChI is InChI=1S/C18H10Cl2N6O3/c19-12-8-22-14-15(24-12)25-18(29)26(17(14)28)11-6-3-5-9(13(11)20)23-16(27)10-4-1-2-7-21-10/h1-8H,(H,23,27)(H,24,25,29). The largest absolute Gasteiger partial charge is 0.334 e. The summed E-state index contributed by atoms with van der Waals surface area (Å²) >= 11 is 12.1. The lowest BCUT2D eigenvalue weighted by Crippen LogP contribution is -2.34. The molecule has 0 bridgehead atoms. The van der Waals surface area contributed by atoms with Crippen molar-refractivity contribution in [1.29, 1.82) is 0 Å². The average molecular weight is 429 g/mol. The number of anilines is 1. The number of halogens is 2. The van der Waals surface area contributed by atoms with Crippen molar-refractivity contribution < 1.29 is 4.79 Å². The molecule has 0 spiro atoms. The molecular weight excluding hydrogens is 419 g/mol. The summed E-state index contributed by atoms with van der Waals surface area (Å²) in [5.74, 6) is -0.495. The van der Waals surface area contributed by atoms with Gasteiger partial charge in [0.05, 0.1) is 22.6 Å². The van der Waals surface area contributed by atoms with Gasteiger partial charge in [0.25, 0.3) is 11.5 Å². The minimum absolute atomic E-state index is 0.00865. The molecule has 0 saturated heterocycles. The highest BCUT2D eigenvalue weighted by Crippen LogP contribution is 2.28. The van der Waals surface area contributed by atoms with Crippen LogP contribution in [0.2, 0.25) is 10.2 Å². The number of rotatable bonds is 3. The van der Waals surface area contributed by atoms with Gasteiger partial charge in [-0.1, -0.05) is 35.3 Å². The van der Waals surface area contributed by atoms with Gasteiger partial charge < -0.3 is 5.32 Å². The van der Waals surface area contributed by atoms with E-state index in [2.05, 4.69) is 25.3 Å². The third-order valence-electron chi connectivity index (χ3n) is 3.94. The minimum atomic E-state index is -0.783. The van der Waals surface area contributed by atoms with E-state index in [9.17, 15) is 14.4 Å². The third-order valence-corrected chi connectivity index (χ3v) is 4.52. The number of carbonyl (C=O) groups is 1. The van der Waals surface area contributed by atoms with E-state index >= 15 is 0 Å². The molecule has 3 aromatic heterocycles. The van der Waals surface area contributed by atoms with Crippen LogP contribution in [0.15, 0.2) is 58.4 Å². The molecule has 0 aliphatic rings. The van der Waals surface area contributed by atoms with Gasteiger partial charge in [0.1, 0.15) is 10.8 Å². The highest BCUT2D eigenvalue weighted by Gasteiger charge is 2.17. The molecule has 11 heteroatoms. The minimum Gasteiger partial charge on any atom is -0.319 e.